The van der Waals surface area contributed by atoms with Gasteiger partial charge in [-0.05, 0) is 65.4 Å². The van der Waals surface area contributed by atoms with E-state index in [9.17, 15) is 9.90 Å². The first-order valence-electron chi connectivity index (χ1n) is 13.1. The van der Waals surface area contributed by atoms with Crippen molar-refractivity contribution in [1.82, 2.24) is 25.1 Å². The first kappa shape index (κ1) is 25.2. The Labute approximate surface area is 230 Å². The lowest BCUT2D eigenvalue weighted by Gasteiger charge is -2.28. The van der Waals surface area contributed by atoms with Gasteiger partial charge in [0.25, 0.3) is 0 Å². The molecule has 8 nitrogen and oxygen atoms in total. The van der Waals surface area contributed by atoms with Crippen LogP contribution in [0.5, 0.6) is 5.75 Å². The van der Waals surface area contributed by atoms with Gasteiger partial charge in [0.2, 0.25) is 5.91 Å². The molecule has 0 aliphatic carbocycles. The first-order valence-corrected chi connectivity index (χ1v) is 13.5. The predicted octanol–water partition coefficient (Wildman–Crippen LogP) is 5.00. The second-order valence-corrected chi connectivity index (χ2v) is 10.4. The Hall–Kier alpha value is -4.14. The Morgan fingerprint density at radius 1 is 1.15 bits per heavy atom. The molecule has 9 heteroatoms. The number of halogens is 1. The van der Waals surface area contributed by atoms with Gasteiger partial charge in [-0.2, -0.15) is 5.10 Å². The Bertz CT molecular complexity index is 1690. The average molecular weight is 541 g/mol. The summed E-state index contributed by atoms with van der Waals surface area (Å²) in [5.74, 6) is 0.841. The van der Waals surface area contributed by atoms with Gasteiger partial charge in [0.05, 0.1) is 29.5 Å². The van der Waals surface area contributed by atoms with E-state index in [1.807, 2.05) is 42.5 Å². The fourth-order valence-corrected chi connectivity index (χ4v) is 5.55. The zero-order valence-electron chi connectivity index (χ0n) is 21.5. The Balaban J connectivity index is 1.22. The number of hydrogen-bond donors (Lipinski definition) is 4. The van der Waals surface area contributed by atoms with Crippen LogP contribution in [0.1, 0.15) is 29.4 Å². The number of rotatable bonds is 6. The Morgan fingerprint density at radius 2 is 2.00 bits per heavy atom. The molecule has 0 radical (unpaired) electrons. The summed E-state index contributed by atoms with van der Waals surface area (Å²) in [7, 11) is 0. The fourth-order valence-electron chi connectivity index (χ4n) is 5.34. The topological polar surface area (TPSA) is 124 Å². The van der Waals surface area contributed by atoms with E-state index in [1.54, 1.807) is 11.0 Å². The number of aryl methyl sites for hydroxylation is 1. The number of carbonyl (C=O) groups is 1. The molecule has 0 saturated heterocycles. The third-order valence-electron chi connectivity index (χ3n) is 7.43. The molecule has 0 spiro atoms. The minimum atomic E-state index is -0.667. The van der Waals surface area contributed by atoms with Crippen LogP contribution in [0, 0.1) is 0 Å². The van der Waals surface area contributed by atoms with E-state index in [4.69, 9.17) is 22.3 Å². The number of amides is 1. The van der Waals surface area contributed by atoms with Gasteiger partial charge in [-0.25, -0.2) is 4.98 Å². The highest BCUT2D eigenvalue weighted by Crippen LogP contribution is 2.33. The summed E-state index contributed by atoms with van der Waals surface area (Å²) in [5.41, 5.74) is 13.9. The van der Waals surface area contributed by atoms with Crippen LogP contribution in [0.25, 0.3) is 33.5 Å². The van der Waals surface area contributed by atoms with Gasteiger partial charge in [-0.1, -0.05) is 48.9 Å². The summed E-state index contributed by atoms with van der Waals surface area (Å²) in [5, 5.41) is 19.2. The number of aromatic amines is 2. The number of aromatic hydroxyl groups is 1. The number of nitrogens with two attached hydrogens (primary N) is 1. The van der Waals surface area contributed by atoms with E-state index in [0.717, 1.165) is 56.7 Å². The molecule has 1 amide bonds. The highest BCUT2D eigenvalue weighted by Gasteiger charge is 2.28. The van der Waals surface area contributed by atoms with E-state index in [1.165, 1.54) is 0 Å². The quantitative estimate of drug-likeness (QED) is 0.241. The molecule has 1 atom stereocenters. The molecule has 0 fully saturated rings. The number of aromatic nitrogens is 4. The number of imidazole rings is 1. The smallest absolute Gasteiger partial charge is 0.240 e. The number of phenolic OH excluding ortho intramolecular Hbond substituents is 1. The maximum absolute atomic E-state index is 13.1. The van der Waals surface area contributed by atoms with E-state index in [0.29, 0.717) is 36.8 Å². The summed E-state index contributed by atoms with van der Waals surface area (Å²) < 4.78 is 0. The molecule has 3 aromatic carbocycles. The van der Waals surface area contributed by atoms with Gasteiger partial charge in [0.15, 0.2) is 5.82 Å². The lowest BCUT2D eigenvalue weighted by molar-refractivity contribution is -0.133. The monoisotopic (exact) mass is 540 g/mol. The molecule has 39 heavy (non-hydrogen) atoms. The zero-order chi connectivity index (χ0) is 27.1. The first-order chi connectivity index (χ1) is 18.9. The van der Waals surface area contributed by atoms with E-state index in [2.05, 4.69) is 34.2 Å². The molecule has 6 rings (SSSR count). The average Bonchev–Trinajstić information content (AvgIpc) is 3.56. The second kappa shape index (κ2) is 10.2. The summed E-state index contributed by atoms with van der Waals surface area (Å²) in [6, 6.07) is 18.4. The number of nitrogens with one attached hydrogen (secondary N) is 2. The lowest BCUT2D eigenvalue weighted by Crippen LogP contribution is -2.46. The van der Waals surface area contributed by atoms with Crippen LogP contribution in [-0.4, -0.2) is 48.7 Å². The standard InChI is InChI=1S/C30H29ClN6O2/c1-2-17-13-20(38)8-10-21(17)18-7-9-22-26(15-18)35-36-28(22)29-33-25-11-12-37(16-27(25)34-29)30(39)24(32)14-19-5-3-4-6-23(19)31/h3-10,13,15,24,38H,2,11-12,14,16,32H2,1H3,(H,33,34)(H,35,36)/t24-/m0/s1. The molecule has 5 aromatic rings. The van der Waals surface area contributed by atoms with Gasteiger partial charge in [0, 0.05) is 23.4 Å². The molecule has 0 saturated carbocycles. The van der Waals surface area contributed by atoms with Crippen LogP contribution in [0.15, 0.2) is 60.7 Å². The SMILES string of the molecule is CCc1cc(O)ccc1-c1ccc2c(-c3nc4c([nH]3)CN(C(=O)[C@@H](N)Cc3ccccc3Cl)CC4)n[nH]c2c1. The largest absolute Gasteiger partial charge is 0.508 e. The van der Waals surface area contributed by atoms with E-state index < -0.39 is 6.04 Å². The van der Waals surface area contributed by atoms with Crippen molar-refractivity contribution in [2.24, 2.45) is 5.73 Å². The molecule has 0 unspecified atom stereocenters. The summed E-state index contributed by atoms with van der Waals surface area (Å²) in [6.45, 7) is 3.05. The number of benzene rings is 3. The van der Waals surface area contributed by atoms with Gasteiger partial charge < -0.3 is 20.7 Å². The number of hydrogen-bond acceptors (Lipinski definition) is 5. The van der Waals surface area contributed by atoms with Crippen molar-refractivity contribution >= 4 is 28.4 Å². The minimum Gasteiger partial charge on any atom is -0.508 e. The molecule has 3 heterocycles. The van der Waals surface area contributed by atoms with Crippen molar-refractivity contribution in [2.45, 2.75) is 38.8 Å². The van der Waals surface area contributed by atoms with Crippen molar-refractivity contribution in [3.8, 4) is 28.4 Å². The van der Waals surface area contributed by atoms with Crippen molar-refractivity contribution in [3.63, 3.8) is 0 Å². The van der Waals surface area contributed by atoms with Gasteiger partial charge >= 0.3 is 0 Å². The van der Waals surface area contributed by atoms with Crippen molar-refractivity contribution < 1.29 is 9.90 Å². The molecule has 5 N–H and O–H groups in total. The predicted molar refractivity (Wildman–Crippen MR) is 152 cm³/mol. The van der Waals surface area contributed by atoms with Crippen LogP contribution in [0.3, 0.4) is 0 Å². The number of phenols is 1. The number of nitrogens with zero attached hydrogens (tertiary/aromatic N) is 3. The van der Waals surface area contributed by atoms with Crippen molar-refractivity contribution in [2.75, 3.05) is 6.54 Å². The highest BCUT2D eigenvalue weighted by atomic mass is 35.5. The molecule has 198 valence electrons. The third-order valence-corrected chi connectivity index (χ3v) is 7.80. The van der Waals surface area contributed by atoms with Crippen LogP contribution in [-0.2, 0) is 30.6 Å². The Morgan fingerprint density at radius 3 is 2.82 bits per heavy atom. The van der Waals surface area contributed by atoms with Crippen LogP contribution >= 0.6 is 11.6 Å². The molecule has 1 aliphatic heterocycles. The van der Waals surface area contributed by atoms with Crippen molar-refractivity contribution in [3.05, 3.63) is 88.2 Å². The highest BCUT2D eigenvalue weighted by molar-refractivity contribution is 6.31. The second-order valence-electron chi connectivity index (χ2n) is 9.95. The number of H-pyrrole nitrogens is 2. The maximum Gasteiger partial charge on any atom is 0.240 e. The normalized spacial score (nSPS) is 14.0. The molecular formula is C30H29ClN6O2. The van der Waals surface area contributed by atoms with Gasteiger partial charge in [-0.15, -0.1) is 0 Å². The van der Waals surface area contributed by atoms with Crippen LogP contribution in [0.2, 0.25) is 5.02 Å². The number of fused-ring (bicyclic) bond motifs is 2. The van der Waals surface area contributed by atoms with E-state index in [-0.39, 0.29) is 11.7 Å². The van der Waals surface area contributed by atoms with Crippen LogP contribution < -0.4 is 5.73 Å². The van der Waals surface area contributed by atoms with Gasteiger partial charge in [0.1, 0.15) is 11.4 Å². The molecular weight excluding hydrogens is 512 g/mol. The minimum absolute atomic E-state index is 0.102. The zero-order valence-corrected chi connectivity index (χ0v) is 22.3. The molecule has 0 bridgehead atoms. The summed E-state index contributed by atoms with van der Waals surface area (Å²) in [4.78, 5) is 23.2. The summed E-state index contributed by atoms with van der Waals surface area (Å²) in [6.07, 6.45) is 1.85. The van der Waals surface area contributed by atoms with Crippen LogP contribution in [0.4, 0.5) is 0 Å². The van der Waals surface area contributed by atoms with E-state index >= 15 is 0 Å². The lowest BCUT2D eigenvalue weighted by atomic mass is 9.97. The maximum atomic E-state index is 13.1. The molecule has 1 aliphatic rings. The third kappa shape index (κ3) is 4.77. The molecule has 2 aromatic heterocycles. The van der Waals surface area contributed by atoms with Crippen molar-refractivity contribution in [1.29, 1.82) is 0 Å². The summed E-state index contributed by atoms with van der Waals surface area (Å²) >= 11 is 6.27. The Kier molecular flexibility index (Phi) is 6.58. The number of carbonyl (C=O) groups excluding carboxylic acids is 1. The van der Waals surface area contributed by atoms with Gasteiger partial charge in [-0.3, -0.25) is 9.89 Å². The fraction of sp³-hybridized carbons (Fsp3) is 0.233.